The Morgan fingerprint density at radius 2 is 2.04 bits per heavy atom. The summed E-state index contributed by atoms with van der Waals surface area (Å²) in [5, 5.41) is 12.4. The number of aromatic nitrogens is 5. The molecular formula is C17H19FN6O2S. The average Bonchev–Trinajstić information content (AvgIpc) is 3.29. The molecule has 1 aliphatic rings. The van der Waals surface area contributed by atoms with E-state index in [2.05, 4.69) is 20.0 Å². The molecule has 0 radical (unpaired) electrons. The van der Waals surface area contributed by atoms with E-state index in [0.29, 0.717) is 31.8 Å². The largest absolute Gasteiger partial charge is 0.309 e. The Balaban J connectivity index is 1.56. The van der Waals surface area contributed by atoms with Gasteiger partial charge in [0.2, 0.25) is 10.0 Å². The van der Waals surface area contributed by atoms with Gasteiger partial charge in [-0.15, -0.1) is 10.2 Å². The van der Waals surface area contributed by atoms with Crippen LogP contribution in [0.3, 0.4) is 0 Å². The van der Waals surface area contributed by atoms with E-state index < -0.39 is 10.0 Å². The smallest absolute Gasteiger partial charge is 0.244 e. The van der Waals surface area contributed by atoms with Crippen molar-refractivity contribution in [3.63, 3.8) is 0 Å². The first-order valence-corrected chi connectivity index (χ1v) is 10.2. The van der Waals surface area contributed by atoms with Crippen LogP contribution in [0.15, 0.2) is 41.6 Å². The lowest BCUT2D eigenvalue weighted by Crippen LogP contribution is -2.41. The molecule has 10 heteroatoms. The molecule has 3 heterocycles. The van der Waals surface area contributed by atoms with Crippen LogP contribution in [-0.4, -0.2) is 39.0 Å². The Hall–Kier alpha value is -2.59. The molecule has 0 amide bonds. The number of hydrogen-bond acceptors (Lipinski definition) is 5. The fourth-order valence-corrected chi connectivity index (χ4v) is 4.39. The highest BCUT2D eigenvalue weighted by atomic mass is 32.2. The third-order valence-electron chi connectivity index (χ3n) is 4.61. The van der Waals surface area contributed by atoms with Gasteiger partial charge in [0.15, 0.2) is 5.82 Å². The number of hydrogen-bond donors (Lipinski definition) is 1. The Morgan fingerprint density at radius 3 is 2.74 bits per heavy atom. The van der Waals surface area contributed by atoms with Gasteiger partial charge in [-0.05, 0) is 37.6 Å². The van der Waals surface area contributed by atoms with Crippen molar-refractivity contribution in [2.24, 2.45) is 0 Å². The molecule has 1 aromatic carbocycles. The molecule has 4 rings (SSSR count). The first-order chi connectivity index (χ1) is 13.0. The van der Waals surface area contributed by atoms with Gasteiger partial charge in [-0.2, -0.15) is 5.10 Å². The van der Waals surface area contributed by atoms with Gasteiger partial charge in [-0.3, -0.25) is 4.68 Å². The number of nitrogens with one attached hydrogen (secondary N) is 1. The molecule has 1 N–H and O–H groups in total. The maximum atomic E-state index is 13.2. The van der Waals surface area contributed by atoms with E-state index in [0.717, 1.165) is 11.4 Å². The Morgan fingerprint density at radius 1 is 1.26 bits per heavy atom. The predicted octanol–water partition coefficient (Wildman–Crippen LogP) is 1.59. The van der Waals surface area contributed by atoms with Crippen molar-refractivity contribution in [1.29, 1.82) is 0 Å². The van der Waals surface area contributed by atoms with E-state index in [9.17, 15) is 12.8 Å². The molecule has 0 saturated carbocycles. The zero-order valence-corrected chi connectivity index (χ0v) is 15.5. The van der Waals surface area contributed by atoms with Gasteiger partial charge in [0.1, 0.15) is 16.5 Å². The molecule has 0 aliphatic carbocycles. The van der Waals surface area contributed by atoms with Crippen LogP contribution in [0.5, 0.6) is 0 Å². The molecule has 2 aromatic heterocycles. The minimum Gasteiger partial charge on any atom is -0.309 e. The third kappa shape index (κ3) is 3.50. The first kappa shape index (κ1) is 17.8. The molecule has 1 atom stereocenters. The van der Waals surface area contributed by atoms with Crippen LogP contribution in [0, 0.1) is 5.82 Å². The molecule has 142 valence electrons. The number of rotatable bonds is 5. The van der Waals surface area contributed by atoms with Gasteiger partial charge in [0, 0.05) is 37.3 Å². The summed E-state index contributed by atoms with van der Waals surface area (Å²) in [4.78, 5) is 0.151. The first-order valence-electron chi connectivity index (χ1n) is 8.69. The second kappa shape index (κ2) is 6.86. The van der Waals surface area contributed by atoms with Gasteiger partial charge in [-0.1, -0.05) is 0 Å². The Bertz CT molecular complexity index is 1060. The van der Waals surface area contributed by atoms with Gasteiger partial charge >= 0.3 is 0 Å². The van der Waals surface area contributed by atoms with E-state index in [1.165, 1.54) is 24.5 Å². The van der Waals surface area contributed by atoms with Gasteiger partial charge in [0.05, 0.1) is 6.20 Å². The zero-order chi connectivity index (χ0) is 19.0. The highest BCUT2D eigenvalue weighted by Gasteiger charge is 2.28. The normalized spacial score (nSPS) is 17.0. The van der Waals surface area contributed by atoms with E-state index >= 15 is 0 Å². The fraction of sp³-hybridized carbons (Fsp3) is 0.353. The highest BCUT2D eigenvalue weighted by molar-refractivity contribution is 7.89. The summed E-state index contributed by atoms with van der Waals surface area (Å²) in [6.07, 6.45) is 4.10. The molecule has 8 nitrogen and oxygen atoms in total. The zero-order valence-electron chi connectivity index (χ0n) is 14.7. The van der Waals surface area contributed by atoms with Crippen molar-refractivity contribution in [1.82, 2.24) is 29.3 Å². The number of sulfonamides is 1. The molecule has 0 bridgehead atoms. The van der Waals surface area contributed by atoms with Crippen molar-refractivity contribution in [2.45, 2.75) is 43.8 Å². The highest BCUT2D eigenvalue weighted by Crippen LogP contribution is 2.24. The van der Waals surface area contributed by atoms with Crippen molar-refractivity contribution in [3.05, 3.63) is 48.3 Å². The second-order valence-electron chi connectivity index (χ2n) is 6.45. The molecular weight excluding hydrogens is 371 g/mol. The van der Waals surface area contributed by atoms with Gasteiger partial charge in [0.25, 0.3) is 0 Å². The van der Waals surface area contributed by atoms with Gasteiger partial charge < -0.3 is 4.57 Å². The summed E-state index contributed by atoms with van der Waals surface area (Å²) in [6.45, 7) is 2.91. The summed E-state index contributed by atoms with van der Waals surface area (Å²) in [6, 6.07) is 5.72. The molecule has 0 unspecified atom stereocenters. The van der Waals surface area contributed by atoms with E-state index in [1.807, 2.05) is 11.5 Å². The van der Waals surface area contributed by atoms with Crippen LogP contribution in [0.4, 0.5) is 4.39 Å². The van der Waals surface area contributed by atoms with Crippen LogP contribution >= 0.6 is 0 Å². The topological polar surface area (TPSA) is 94.7 Å². The van der Waals surface area contributed by atoms with Crippen molar-refractivity contribution in [3.8, 4) is 11.4 Å². The number of fused-ring (bicyclic) bond motifs is 1. The van der Waals surface area contributed by atoms with E-state index in [-0.39, 0.29) is 16.8 Å². The minimum absolute atomic E-state index is 0.151. The summed E-state index contributed by atoms with van der Waals surface area (Å²) in [5.41, 5.74) is 0.739. The molecule has 1 aliphatic heterocycles. The SMILES string of the molecule is CCn1cc(S(=O)(=O)N[C@H]2CCc3nnc(-c4ccc(F)cc4)n3C2)cn1. The third-order valence-corrected chi connectivity index (χ3v) is 6.09. The lowest BCUT2D eigenvalue weighted by Gasteiger charge is -2.25. The monoisotopic (exact) mass is 390 g/mol. The summed E-state index contributed by atoms with van der Waals surface area (Å²) in [7, 11) is -3.65. The van der Waals surface area contributed by atoms with Crippen molar-refractivity contribution in [2.75, 3.05) is 0 Å². The number of halogens is 1. The average molecular weight is 390 g/mol. The lowest BCUT2D eigenvalue weighted by molar-refractivity contribution is 0.423. The fourth-order valence-electron chi connectivity index (χ4n) is 3.18. The van der Waals surface area contributed by atoms with E-state index in [1.54, 1.807) is 16.8 Å². The summed E-state index contributed by atoms with van der Waals surface area (Å²) < 4.78 is 44.6. The van der Waals surface area contributed by atoms with E-state index in [4.69, 9.17) is 0 Å². The van der Waals surface area contributed by atoms with Crippen molar-refractivity contribution >= 4 is 10.0 Å². The molecule has 3 aromatic rings. The van der Waals surface area contributed by atoms with Crippen LogP contribution < -0.4 is 4.72 Å². The van der Waals surface area contributed by atoms with Crippen LogP contribution in [0.25, 0.3) is 11.4 Å². The molecule has 27 heavy (non-hydrogen) atoms. The maximum absolute atomic E-state index is 13.2. The molecule has 0 fully saturated rings. The summed E-state index contributed by atoms with van der Waals surface area (Å²) >= 11 is 0. The van der Waals surface area contributed by atoms with Gasteiger partial charge in [-0.25, -0.2) is 17.5 Å². The second-order valence-corrected chi connectivity index (χ2v) is 8.16. The number of aryl methyl sites for hydroxylation is 2. The van der Waals surface area contributed by atoms with Crippen LogP contribution in [0.1, 0.15) is 19.2 Å². The molecule has 0 spiro atoms. The number of nitrogens with zero attached hydrogens (tertiary/aromatic N) is 5. The minimum atomic E-state index is -3.65. The van der Waals surface area contributed by atoms with Crippen molar-refractivity contribution < 1.29 is 12.8 Å². The Kier molecular flexibility index (Phi) is 4.52. The Labute approximate surface area is 156 Å². The summed E-state index contributed by atoms with van der Waals surface area (Å²) in [5.74, 6) is 1.08. The quantitative estimate of drug-likeness (QED) is 0.714. The van der Waals surface area contributed by atoms with Crippen LogP contribution in [-0.2, 0) is 29.5 Å². The standard InChI is InChI=1S/C17H19FN6O2S/c1-2-23-11-15(9-19-23)27(25,26)22-14-7-8-16-20-21-17(24(16)10-14)12-3-5-13(18)6-4-12/h3-6,9,11,14,22H,2,7-8,10H2,1H3/t14-/m0/s1. The predicted molar refractivity (Wildman–Crippen MR) is 95.7 cm³/mol. The maximum Gasteiger partial charge on any atom is 0.244 e. The molecule has 0 saturated heterocycles. The number of benzene rings is 1. The van der Waals surface area contributed by atoms with Crippen LogP contribution in [0.2, 0.25) is 0 Å². The lowest BCUT2D eigenvalue weighted by atomic mass is 10.1.